The number of aliphatic hydroxyl groups is 1. The van der Waals surface area contributed by atoms with Gasteiger partial charge >= 0.3 is 0 Å². The molecule has 3 N–H and O–H groups in total. The number of benzene rings is 3. The molecule has 0 heterocycles. The molecular formula is C39H42O9Si. The fraction of sp³-hybridized carbons (Fsp3) is 0.385. The van der Waals surface area contributed by atoms with E-state index in [1.165, 1.54) is 43.5 Å². The number of phenols is 2. The van der Waals surface area contributed by atoms with E-state index in [1.54, 1.807) is 26.8 Å². The molecule has 3 aromatic rings. The summed E-state index contributed by atoms with van der Waals surface area (Å²) in [4.78, 5) is 58.2. The van der Waals surface area contributed by atoms with Crippen molar-refractivity contribution in [3.05, 3.63) is 98.3 Å². The van der Waals surface area contributed by atoms with Crippen molar-refractivity contribution in [1.29, 1.82) is 0 Å². The zero-order chi connectivity index (χ0) is 36.1. The van der Waals surface area contributed by atoms with Gasteiger partial charge in [-0.15, -0.1) is 0 Å². The van der Waals surface area contributed by atoms with E-state index in [1.807, 2.05) is 0 Å². The van der Waals surface area contributed by atoms with Crippen molar-refractivity contribution >= 4 is 31.5 Å². The fourth-order valence-corrected chi connectivity index (χ4v) is 9.18. The van der Waals surface area contributed by atoms with Crippen LogP contribution in [0.15, 0.2) is 53.8 Å². The third kappa shape index (κ3) is 4.67. The lowest BCUT2D eigenvalue weighted by Crippen LogP contribution is -2.60. The molecule has 0 spiro atoms. The molecule has 4 atom stereocenters. The van der Waals surface area contributed by atoms with E-state index in [2.05, 4.69) is 33.9 Å². The number of allylic oxidation sites excluding steroid dienone is 1. The largest absolute Gasteiger partial charge is 0.547 e. The summed E-state index contributed by atoms with van der Waals surface area (Å²) >= 11 is 0. The zero-order valence-electron chi connectivity index (χ0n) is 29.3. The van der Waals surface area contributed by atoms with Crippen molar-refractivity contribution in [1.82, 2.24) is 0 Å². The number of Topliss-reactive ketones (excluding diaryl/α,β-unsaturated/α-hetero) is 2. The molecule has 3 aliphatic carbocycles. The van der Waals surface area contributed by atoms with Gasteiger partial charge in [0.25, 0.3) is 0 Å². The Kier molecular flexibility index (Phi) is 7.88. The summed E-state index contributed by atoms with van der Waals surface area (Å²) in [6.07, 6.45) is -1.22. The van der Waals surface area contributed by atoms with Gasteiger partial charge in [0.2, 0.25) is 14.1 Å². The smallest absolute Gasteiger partial charge is 0.250 e. The molecule has 0 aliphatic heterocycles. The number of ether oxygens (including phenoxy) is 1. The monoisotopic (exact) mass is 682 g/mol. The predicted octanol–water partition coefficient (Wildman–Crippen LogP) is 6.82. The molecule has 10 heteroatoms. The van der Waals surface area contributed by atoms with Gasteiger partial charge in [-0.2, -0.15) is 0 Å². The number of hydrogen-bond acceptors (Lipinski definition) is 9. The summed E-state index contributed by atoms with van der Waals surface area (Å²) in [5, 5.41) is 33.3. The Bertz CT molecular complexity index is 2030. The van der Waals surface area contributed by atoms with Gasteiger partial charge in [-0.05, 0) is 74.3 Å². The highest BCUT2D eigenvalue weighted by molar-refractivity contribution is 6.74. The van der Waals surface area contributed by atoms with Crippen LogP contribution in [0.2, 0.25) is 18.1 Å². The first kappa shape index (κ1) is 34.3. The molecule has 49 heavy (non-hydrogen) atoms. The molecule has 3 aliphatic rings. The normalized spacial score (nSPS) is 22.7. The van der Waals surface area contributed by atoms with Gasteiger partial charge in [0.05, 0.1) is 41.1 Å². The van der Waals surface area contributed by atoms with Gasteiger partial charge in [-0.1, -0.05) is 39.0 Å². The maximum absolute atomic E-state index is 15.3. The third-order valence-electron chi connectivity index (χ3n) is 11.2. The standard InChI is InChI=1S/C39H42O9Si/c1-18-15-23-30(27(42)16-18)35(45)31-21(33(23)43)13-14-24(36(31)47-7)39-25(34(44)29-22(37(39)46)11-10-12-26(29)41)17-28(19(2)32(39)20(3)40)48-49(8,9)38(4,5)6/h10-16,20,25,32,40-42H,17H2,1-9H3/t20-,25+,32-,39-/m1/s1. The van der Waals surface area contributed by atoms with Gasteiger partial charge in [-0.3, -0.25) is 19.2 Å². The van der Waals surface area contributed by atoms with Crippen LogP contribution in [0, 0.1) is 18.8 Å². The van der Waals surface area contributed by atoms with E-state index < -0.39 is 54.8 Å². The number of aliphatic hydroxyl groups excluding tert-OH is 1. The third-order valence-corrected chi connectivity index (χ3v) is 15.6. The first-order chi connectivity index (χ1) is 22.8. The quantitative estimate of drug-likeness (QED) is 0.193. The van der Waals surface area contributed by atoms with Crippen LogP contribution in [0.5, 0.6) is 17.2 Å². The number of fused-ring (bicyclic) bond motifs is 4. The van der Waals surface area contributed by atoms with Gasteiger partial charge in [-0.25, -0.2) is 0 Å². The molecule has 6 rings (SSSR count). The number of rotatable bonds is 5. The Balaban J connectivity index is 1.71. The Labute approximate surface area is 286 Å². The highest BCUT2D eigenvalue weighted by Crippen LogP contribution is 2.60. The van der Waals surface area contributed by atoms with Crippen LogP contribution in [0.1, 0.15) is 105 Å². The van der Waals surface area contributed by atoms with Crippen molar-refractivity contribution in [2.75, 3.05) is 7.11 Å². The summed E-state index contributed by atoms with van der Waals surface area (Å²) < 4.78 is 12.8. The number of hydrogen-bond donors (Lipinski definition) is 3. The topological polar surface area (TPSA) is 147 Å². The summed E-state index contributed by atoms with van der Waals surface area (Å²) in [6.45, 7) is 15.5. The number of carbonyl (C=O) groups excluding carboxylic acids is 4. The molecule has 0 saturated heterocycles. The molecule has 256 valence electrons. The highest BCUT2D eigenvalue weighted by Gasteiger charge is 2.65. The zero-order valence-corrected chi connectivity index (χ0v) is 30.3. The van der Waals surface area contributed by atoms with E-state index in [9.17, 15) is 29.7 Å². The number of ketones is 4. The average Bonchev–Trinajstić information content (AvgIpc) is 3.01. The second kappa shape index (κ2) is 11.2. The maximum Gasteiger partial charge on any atom is 0.250 e. The molecule has 0 unspecified atom stereocenters. The maximum atomic E-state index is 15.3. The fourth-order valence-electron chi connectivity index (χ4n) is 8.02. The van der Waals surface area contributed by atoms with Crippen LogP contribution in [-0.2, 0) is 9.84 Å². The molecule has 0 aromatic heterocycles. The first-order valence-corrected chi connectivity index (χ1v) is 19.3. The van der Waals surface area contributed by atoms with Crippen molar-refractivity contribution in [3.63, 3.8) is 0 Å². The van der Waals surface area contributed by atoms with E-state index in [4.69, 9.17) is 9.16 Å². The number of methoxy groups -OCH3 is 1. The van der Waals surface area contributed by atoms with Crippen LogP contribution < -0.4 is 4.74 Å². The summed E-state index contributed by atoms with van der Waals surface area (Å²) in [7, 11) is -1.18. The average molecular weight is 683 g/mol. The molecule has 0 saturated carbocycles. The van der Waals surface area contributed by atoms with Crippen LogP contribution in [0.4, 0.5) is 0 Å². The van der Waals surface area contributed by atoms with E-state index >= 15 is 4.79 Å². The SMILES string of the molecule is COc1c([C@@]23C(=O)c4cccc(O)c4C(=O)[C@@H]2CC(O[Si](C)(C)C(C)(C)C)=C(C)[C@@H]3[C@@H](C)O)ccc2c1C(=O)c1c(O)cc(C)cc1C2=O. The van der Waals surface area contributed by atoms with Gasteiger partial charge < -0.3 is 24.5 Å². The van der Waals surface area contributed by atoms with Crippen LogP contribution in [-0.4, -0.2) is 60.0 Å². The van der Waals surface area contributed by atoms with Crippen molar-refractivity contribution in [3.8, 4) is 17.2 Å². The number of aromatic hydroxyl groups is 2. The number of phenolic OH excluding ortho intramolecular Hbond substituents is 2. The minimum absolute atomic E-state index is 0.0179. The Morgan fingerprint density at radius 3 is 2.16 bits per heavy atom. The Morgan fingerprint density at radius 1 is 0.878 bits per heavy atom. The van der Waals surface area contributed by atoms with Crippen molar-refractivity contribution in [2.24, 2.45) is 11.8 Å². The predicted molar refractivity (Wildman–Crippen MR) is 185 cm³/mol. The highest BCUT2D eigenvalue weighted by atomic mass is 28.4. The Morgan fingerprint density at radius 2 is 1.55 bits per heavy atom. The lowest BCUT2D eigenvalue weighted by molar-refractivity contribution is 0.0287. The minimum Gasteiger partial charge on any atom is -0.547 e. The van der Waals surface area contributed by atoms with Crippen LogP contribution in [0.25, 0.3) is 0 Å². The summed E-state index contributed by atoms with van der Waals surface area (Å²) in [5.74, 6) is -4.72. The summed E-state index contributed by atoms with van der Waals surface area (Å²) in [6, 6.07) is 10.3. The molecule has 0 fully saturated rings. The van der Waals surface area contributed by atoms with Crippen molar-refractivity contribution in [2.45, 2.75) is 77.6 Å². The van der Waals surface area contributed by atoms with Crippen molar-refractivity contribution < 1.29 is 43.7 Å². The number of aryl methyl sites for hydroxylation is 1. The molecule has 0 bridgehead atoms. The second-order valence-corrected chi connectivity index (χ2v) is 19.9. The van der Waals surface area contributed by atoms with E-state index in [0.717, 1.165) is 0 Å². The first-order valence-electron chi connectivity index (χ1n) is 16.4. The van der Waals surface area contributed by atoms with Gasteiger partial charge in [0.15, 0.2) is 17.3 Å². The lowest BCUT2D eigenvalue weighted by atomic mass is 9.48. The van der Waals surface area contributed by atoms with Crippen LogP contribution >= 0.6 is 0 Å². The van der Waals surface area contributed by atoms with E-state index in [-0.39, 0.29) is 67.7 Å². The summed E-state index contributed by atoms with van der Waals surface area (Å²) in [5.41, 5.74) is -0.862. The molecule has 0 radical (unpaired) electrons. The minimum atomic E-state index is -2.49. The van der Waals surface area contributed by atoms with Gasteiger partial charge in [0, 0.05) is 40.5 Å². The Hall–Kier alpha value is -4.54. The number of carbonyl (C=O) groups is 4. The van der Waals surface area contributed by atoms with E-state index in [0.29, 0.717) is 16.9 Å². The molecular weight excluding hydrogens is 641 g/mol. The van der Waals surface area contributed by atoms with Crippen LogP contribution in [0.3, 0.4) is 0 Å². The lowest BCUT2D eigenvalue weighted by Gasteiger charge is -2.53. The van der Waals surface area contributed by atoms with Gasteiger partial charge in [0.1, 0.15) is 17.2 Å². The molecule has 9 nitrogen and oxygen atoms in total. The second-order valence-electron chi connectivity index (χ2n) is 15.1. The molecule has 0 amide bonds. The molecule has 3 aromatic carbocycles.